The molecule has 1 amide bonds. The maximum absolute atomic E-state index is 12.7. The molecule has 4 nitrogen and oxygen atoms in total. The van der Waals surface area contributed by atoms with Gasteiger partial charge in [0.2, 0.25) is 0 Å². The maximum atomic E-state index is 12.7. The van der Waals surface area contributed by atoms with E-state index in [0.717, 1.165) is 16.9 Å². The summed E-state index contributed by atoms with van der Waals surface area (Å²) in [6.45, 7) is 0. The van der Waals surface area contributed by atoms with Gasteiger partial charge >= 0.3 is 0 Å². The van der Waals surface area contributed by atoms with Crippen LogP contribution < -0.4 is 10.1 Å². The highest BCUT2D eigenvalue weighted by molar-refractivity contribution is 5.94. The van der Waals surface area contributed by atoms with E-state index in [2.05, 4.69) is 11.4 Å². The van der Waals surface area contributed by atoms with Gasteiger partial charge in [-0.1, -0.05) is 42.5 Å². The lowest BCUT2D eigenvalue weighted by Crippen LogP contribution is -2.29. The Morgan fingerprint density at radius 1 is 0.923 bits per heavy atom. The van der Waals surface area contributed by atoms with Crippen LogP contribution in [0.25, 0.3) is 0 Å². The fraction of sp³-hybridized carbons (Fsp3) is 0.0909. The average Bonchev–Trinajstić information content (AvgIpc) is 2.72. The zero-order valence-electron chi connectivity index (χ0n) is 14.3. The monoisotopic (exact) mass is 342 g/mol. The van der Waals surface area contributed by atoms with E-state index in [1.54, 1.807) is 31.4 Å². The van der Waals surface area contributed by atoms with Gasteiger partial charge in [-0.05, 0) is 47.5 Å². The highest BCUT2D eigenvalue weighted by Gasteiger charge is 2.18. The molecule has 0 aliphatic heterocycles. The van der Waals surface area contributed by atoms with Crippen LogP contribution in [-0.4, -0.2) is 13.0 Å². The van der Waals surface area contributed by atoms with E-state index < -0.39 is 0 Å². The number of nitrogens with one attached hydrogen (secondary N) is 1. The van der Waals surface area contributed by atoms with Crippen LogP contribution in [0.2, 0.25) is 0 Å². The second kappa shape index (κ2) is 8.00. The van der Waals surface area contributed by atoms with E-state index in [4.69, 9.17) is 10.00 Å². The number of nitriles is 1. The molecule has 4 heteroatoms. The lowest BCUT2D eigenvalue weighted by molar-refractivity contribution is 0.0943. The molecule has 0 heterocycles. The Hall–Kier alpha value is -3.58. The molecule has 0 aliphatic rings. The summed E-state index contributed by atoms with van der Waals surface area (Å²) in [6.07, 6.45) is 0. The minimum absolute atomic E-state index is 0.195. The molecule has 0 saturated carbocycles. The van der Waals surface area contributed by atoms with Crippen molar-refractivity contribution >= 4 is 5.91 Å². The molecular weight excluding hydrogens is 324 g/mol. The zero-order valence-corrected chi connectivity index (χ0v) is 14.3. The van der Waals surface area contributed by atoms with Crippen LogP contribution in [0.15, 0.2) is 78.9 Å². The van der Waals surface area contributed by atoms with Crippen molar-refractivity contribution in [2.24, 2.45) is 0 Å². The summed E-state index contributed by atoms with van der Waals surface area (Å²) >= 11 is 0. The highest BCUT2D eigenvalue weighted by Crippen LogP contribution is 2.24. The van der Waals surface area contributed by atoms with Crippen LogP contribution in [0.3, 0.4) is 0 Å². The van der Waals surface area contributed by atoms with Gasteiger partial charge in [0.1, 0.15) is 5.75 Å². The number of hydrogen-bond acceptors (Lipinski definition) is 3. The van der Waals surface area contributed by atoms with Crippen LogP contribution in [0, 0.1) is 11.3 Å². The van der Waals surface area contributed by atoms with Gasteiger partial charge in [0.25, 0.3) is 5.91 Å². The largest absolute Gasteiger partial charge is 0.497 e. The molecule has 0 bridgehead atoms. The van der Waals surface area contributed by atoms with Crippen molar-refractivity contribution in [3.63, 3.8) is 0 Å². The van der Waals surface area contributed by atoms with Crippen LogP contribution in [-0.2, 0) is 0 Å². The summed E-state index contributed by atoms with van der Waals surface area (Å²) in [7, 11) is 1.62. The Balaban J connectivity index is 1.90. The first-order valence-corrected chi connectivity index (χ1v) is 8.21. The molecule has 26 heavy (non-hydrogen) atoms. The number of hydrogen-bond donors (Lipinski definition) is 1. The van der Waals surface area contributed by atoms with Crippen molar-refractivity contribution in [2.45, 2.75) is 6.04 Å². The number of amides is 1. The van der Waals surface area contributed by atoms with E-state index in [-0.39, 0.29) is 11.9 Å². The topological polar surface area (TPSA) is 62.1 Å². The van der Waals surface area contributed by atoms with Crippen molar-refractivity contribution < 1.29 is 9.53 Å². The van der Waals surface area contributed by atoms with Crippen LogP contribution in [0.4, 0.5) is 0 Å². The van der Waals surface area contributed by atoms with Gasteiger partial charge in [-0.3, -0.25) is 4.79 Å². The second-order valence-electron chi connectivity index (χ2n) is 5.78. The summed E-state index contributed by atoms with van der Waals surface area (Å²) < 4.78 is 5.21. The third-order valence-corrected chi connectivity index (χ3v) is 4.13. The standard InChI is InChI=1S/C22H18N2O2/c1-26-20-13-11-18(12-14-20)21(17-5-3-2-4-6-17)24-22(25)19-9-7-16(15-23)8-10-19/h2-14,21H,1H3,(H,24,25)/t21-/m0/s1. The van der Waals surface area contributed by atoms with Crippen molar-refractivity contribution in [3.05, 3.63) is 101 Å². The molecule has 0 unspecified atom stereocenters. The number of carbonyl (C=O) groups is 1. The van der Waals surface area contributed by atoms with E-state index in [0.29, 0.717) is 11.1 Å². The number of rotatable bonds is 5. The van der Waals surface area contributed by atoms with Crippen molar-refractivity contribution in [3.8, 4) is 11.8 Å². The Bertz CT molecular complexity index is 911. The molecule has 0 fully saturated rings. The Morgan fingerprint density at radius 2 is 1.54 bits per heavy atom. The van der Waals surface area contributed by atoms with Gasteiger partial charge in [-0.25, -0.2) is 0 Å². The van der Waals surface area contributed by atoms with Gasteiger partial charge in [-0.2, -0.15) is 5.26 Å². The summed E-state index contributed by atoms with van der Waals surface area (Å²) in [5, 5.41) is 12.0. The maximum Gasteiger partial charge on any atom is 0.252 e. The molecule has 1 atom stereocenters. The molecule has 1 N–H and O–H groups in total. The summed E-state index contributed by atoms with van der Waals surface area (Å²) in [6, 6.07) is 25.8. The van der Waals surface area contributed by atoms with Gasteiger partial charge in [0.05, 0.1) is 24.8 Å². The normalized spacial score (nSPS) is 11.2. The van der Waals surface area contributed by atoms with Crippen molar-refractivity contribution in [1.29, 1.82) is 5.26 Å². The molecule has 3 aromatic carbocycles. The smallest absolute Gasteiger partial charge is 0.252 e. The molecule has 128 valence electrons. The first-order chi connectivity index (χ1) is 12.7. The average molecular weight is 342 g/mol. The summed E-state index contributed by atoms with van der Waals surface area (Å²) in [5.74, 6) is 0.568. The predicted molar refractivity (Wildman–Crippen MR) is 99.9 cm³/mol. The highest BCUT2D eigenvalue weighted by atomic mass is 16.5. The lowest BCUT2D eigenvalue weighted by atomic mass is 9.98. The molecule has 3 aromatic rings. The summed E-state index contributed by atoms with van der Waals surface area (Å²) in [4.78, 5) is 12.7. The Kier molecular flexibility index (Phi) is 5.31. The van der Waals surface area contributed by atoms with Crippen molar-refractivity contribution in [1.82, 2.24) is 5.32 Å². The Morgan fingerprint density at radius 3 is 2.12 bits per heavy atom. The first-order valence-electron chi connectivity index (χ1n) is 8.21. The molecule has 0 saturated heterocycles. The second-order valence-corrected chi connectivity index (χ2v) is 5.78. The molecule has 3 rings (SSSR count). The van der Waals surface area contributed by atoms with Crippen LogP contribution >= 0.6 is 0 Å². The van der Waals surface area contributed by atoms with Crippen molar-refractivity contribution in [2.75, 3.05) is 7.11 Å². The molecular formula is C22H18N2O2. The zero-order chi connectivity index (χ0) is 18.4. The quantitative estimate of drug-likeness (QED) is 0.760. The fourth-order valence-electron chi connectivity index (χ4n) is 2.71. The van der Waals surface area contributed by atoms with E-state index in [9.17, 15) is 4.79 Å². The molecule has 0 aliphatic carbocycles. The number of benzene rings is 3. The minimum Gasteiger partial charge on any atom is -0.497 e. The van der Waals surface area contributed by atoms with E-state index in [1.807, 2.05) is 54.6 Å². The number of ether oxygens (including phenoxy) is 1. The first kappa shape index (κ1) is 17.2. The lowest BCUT2D eigenvalue weighted by Gasteiger charge is -2.20. The van der Waals surface area contributed by atoms with Gasteiger partial charge < -0.3 is 10.1 Å². The van der Waals surface area contributed by atoms with Gasteiger partial charge in [0, 0.05) is 5.56 Å². The third kappa shape index (κ3) is 3.90. The minimum atomic E-state index is -0.287. The third-order valence-electron chi connectivity index (χ3n) is 4.13. The predicted octanol–water partition coefficient (Wildman–Crippen LogP) is 4.09. The summed E-state index contributed by atoms with van der Waals surface area (Å²) in [5.41, 5.74) is 2.98. The van der Waals surface area contributed by atoms with Crippen LogP contribution in [0.1, 0.15) is 33.1 Å². The van der Waals surface area contributed by atoms with Crippen LogP contribution in [0.5, 0.6) is 5.75 Å². The SMILES string of the molecule is COc1ccc([C@@H](NC(=O)c2ccc(C#N)cc2)c2ccccc2)cc1. The molecule has 0 radical (unpaired) electrons. The molecule has 0 spiro atoms. The van der Waals surface area contributed by atoms with Gasteiger partial charge in [0.15, 0.2) is 0 Å². The number of methoxy groups -OCH3 is 1. The fourth-order valence-corrected chi connectivity index (χ4v) is 2.71. The van der Waals surface area contributed by atoms with E-state index in [1.165, 1.54) is 0 Å². The Labute approximate surface area is 152 Å². The van der Waals surface area contributed by atoms with E-state index >= 15 is 0 Å². The number of carbonyl (C=O) groups excluding carboxylic acids is 1. The molecule has 0 aromatic heterocycles. The van der Waals surface area contributed by atoms with Gasteiger partial charge in [-0.15, -0.1) is 0 Å². The number of nitrogens with zero attached hydrogens (tertiary/aromatic N) is 1.